The van der Waals surface area contributed by atoms with Gasteiger partial charge < -0.3 is 9.32 Å². The molecule has 2 aromatic heterocycles. The lowest BCUT2D eigenvalue weighted by Crippen LogP contribution is -2.11. The third-order valence-corrected chi connectivity index (χ3v) is 9.63. The highest BCUT2D eigenvalue weighted by atomic mass is 32.1. The highest BCUT2D eigenvalue weighted by Crippen LogP contribution is 2.47. The Kier molecular flexibility index (Phi) is 6.00. The van der Waals surface area contributed by atoms with Gasteiger partial charge in [0, 0.05) is 42.4 Å². The van der Waals surface area contributed by atoms with E-state index in [2.05, 4.69) is 132 Å². The molecule has 45 heavy (non-hydrogen) atoms. The summed E-state index contributed by atoms with van der Waals surface area (Å²) in [7, 11) is 0. The molecular formula is C41H26N2OS. The lowest BCUT2D eigenvalue weighted by molar-refractivity contribution is 0.620. The van der Waals surface area contributed by atoms with E-state index in [1.165, 1.54) is 20.2 Å². The van der Waals surface area contributed by atoms with Gasteiger partial charge in [-0.3, -0.25) is 0 Å². The van der Waals surface area contributed by atoms with E-state index in [1.807, 2.05) is 41.7 Å². The molecule has 212 valence electrons. The number of rotatable bonds is 5. The van der Waals surface area contributed by atoms with Gasteiger partial charge in [0.05, 0.1) is 11.4 Å². The topological polar surface area (TPSA) is 29.3 Å². The Morgan fingerprint density at radius 2 is 1.18 bits per heavy atom. The van der Waals surface area contributed by atoms with Gasteiger partial charge in [-0.05, 0) is 59.5 Å². The number of hydrogen-bond donors (Lipinski definition) is 0. The van der Waals surface area contributed by atoms with E-state index in [4.69, 9.17) is 9.40 Å². The van der Waals surface area contributed by atoms with Crippen LogP contribution in [0.15, 0.2) is 162 Å². The quantitative estimate of drug-likeness (QED) is 0.198. The molecule has 9 rings (SSSR count). The predicted octanol–water partition coefficient (Wildman–Crippen LogP) is 12.2. The largest absolute Gasteiger partial charge is 0.434 e. The fraction of sp³-hybridized carbons (Fsp3) is 0. The minimum absolute atomic E-state index is 0.610. The van der Waals surface area contributed by atoms with Crippen LogP contribution in [0.25, 0.3) is 64.6 Å². The van der Waals surface area contributed by atoms with Gasteiger partial charge in [0.15, 0.2) is 5.58 Å². The van der Waals surface area contributed by atoms with E-state index in [-0.39, 0.29) is 0 Å². The number of benzene rings is 7. The van der Waals surface area contributed by atoms with Crippen LogP contribution in [0.4, 0.5) is 17.1 Å². The first-order chi connectivity index (χ1) is 22.3. The number of thiophene rings is 1. The van der Waals surface area contributed by atoms with Gasteiger partial charge in [-0.15, -0.1) is 11.3 Å². The second kappa shape index (κ2) is 10.5. The molecule has 0 aliphatic heterocycles. The SMILES string of the molecule is c1ccc(-c2nc3c(o2)c(N(c2ccc4sc5ccccc5c4c2)c2ccccc2-c2ccccc2)cc2ccccc23)cc1. The van der Waals surface area contributed by atoms with E-state index in [0.717, 1.165) is 55.6 Å². The van der Waals surface area contributed by atoms with Gasteiger partial charge in [0.25, 0.3) is 0 Å². The summed E-state index contributed by atoms with van der Waals surface area (Å²) >= 11 is 1.83. The van der Waals surface area contributed by atoms with Crippen molar-refractivity contribution in [2.75, 3.05) is 4.90 Å². The van der Waals surface area contributed by atoms with Crippen molar-refractivity contribution in [3.63, 3.8) is 0 Å². The van der Waals surface area contributed by atoms with Crippen molar-refractivity contribution < 1.29 is 4.42 Å². The molecule has 0 saturated carbocycles. The summed E-state index contributed by atoms with van der Waals surface area (Å²) < 4.78 is 9.31. The van der Waals surface area contributed by atoms with Crippen molar-refractivity contribution in [3.8, 4) is 22.6 Å². The molecule has 0 spiro atoms. The first kappa shape index (κ1) is 25.8. The molecule has 0 bridgehead atoms. The zero-order valence-electron chi connectivity index (χ0n) is 24.2. The van der Waals surface area contributed by atoms with Crippen LogP contribution in [-0.2, 0) is 0 Å². The van der Waals surface area contributed by atoms with E-state index < -0.39 is 0 Å². The van der Waals surface area contributed by atoms with Crippen molar-refractivity contribution >= 4 is 70.4 Å². The molecule has 0 N–H and O–H groups in total. The van der Waals surface area contributed by atoms with Crippen molar-refractivity contribution in [3.05, 3.63) is 158 Å². The summed E-state index contributed by atoms with van der Waals surface area (Å²) in [5.41, 5.74) is 7.92. The Morgan fingerprint density at radius 3 is 2.02 bits per heavy atom. The van der Waals surface area contributed by atoms with E-state index in [0.29, 0.717) is 5.89 Å². The van der Waals surface area contributed by atoms with Crippen LogP contribution in [0.3, 0.4) is 0 Å². The predicted molar refractivity (Wildman–Crippen MR) is 190 cm³/mol. The molecule has 0 radical (unpaired) electrons. The lowest BCUT2D eigenvalue weighted by atomic mass is 10.0. The fourth-order valence-corrected chi connectivity index (χ4v) is 7.48. The van der Waals surface area contributed by atoms with Crippen molar-refractivity contribution in [1.29, 1.82) is 0 Å². The van der Waals surface area contributed by atoms with Gasteiger partial charge in [-0.2, -0.15) is 0 Å². The second-order valence-electron chi connectivity index (χ2n) is 11.2. The number of fused-ring (bicyclic) bond motifs is 6. The summed E-state index contributed by atoms with van der Waals surface area (Å²) in [5, 5.41) is 4.69. The maximum atomic E-state index is 6.75. The summed E-state index contributed by atoms with van der Waals surface area (Å²) in [4.78, 5) is 7.46. The Hall–Kier alpha value is -5.71. The smallest absolute Gasteiger partial charge is 0.227 e. The molecule has 0 saturated heterocycles. The summed E-state index contributed by atoms with van der Waals surface area (Å²) in [6.07, 6.45) is 0. The highest BCUT2D eigenvalue weighted by Gasteiger charge is 2.24. The van der Waals surface area contributed by atoms with Gasteiger partial charge in [-0.25, -0.2) is 4.98 Å². The molecular weight excluding hydrogens is 569 g/mol. The molecule has 3 nitrogen and oxygen atoms in total. The van der Waals surface area contributed by atoms with Crippen molar-refractivity contribution in [2.24, 2.45) is 0 Å². The molecule has 7 aromatic carbocycles. The zero-order chi connectivity index (χ0) is 29.7. The molecule has 9 aromatic rings. The number of nitrogens with zero attached hydrogens (tertiary/aromatic N) is 2. The average molecular weight is 595 g/mol. The normalized spacial score (nSPS) is 11.6. The van der Waals surface area contributed by atoms with E-state index in [1.54, 1.807) is 0 Å². The van der Waals surface area contributed by atoms with Gasteiger partial charge in [0.2, 0.25) is 5.89 Å². The van der Waals surface area contributed by atoms with Crippen LogP contribution >= 0.6 is 11.3 Å². The Bertz CT molecular complexity index is 2500. The molecule has 2 heterocycles. The number of oxazole rings is 1. The van der Waals surface area contributed by atoms with E-state index in [9.17, 15) is 0 Å². The van der Waals surface area contributed by atoms with Crippen LogP contribution < -0.4 is 4.90 Å². The third kappa shape index (κ3) is 4.30. The van der Waals surface area contributed by atoms with Crippen LogP contribution in [0.5, 0.6) is 0 Å². The number of para-hydroxylation sites is 1. The van der Waals surface area contributed by atoms with Crippen molar-refractivity contribution in [1.82, 2.24) is 4.98 Å². The maximum absolute atomic E-state index is 6.75. The number of aromatic nitrogens is 1. The third-order valence-electron chi connectivity index (χ3n) is 8.48. The van der Waals surface area contributed by atoms with Crippen LogP contribution in [0, 0.1) is 0 Å². The molecule has 0 aliphatic rings. The van der Waals surface area contributed by atoms with Gasteiger partial charge in [-0.1, -0.05) is 109 Å². The first-order valence-corrected chi connectivity index (χ1v) is 15.9. The zero-order valence-corrected chi connectivity index (χ0v) is 25.0. The maximum Gasteiger partial charge on any atom is 0.227 e. The number of hydrogen-bond acceptors (Lipinski definition) is 4. The van der Waals surface area contributed by atoms with E-state index >= 15 is 0 Å². The molecule has 0 amide bonds. The minimum atomic E-state index is 0.610. The monoisotopic (exact) mass is 594 g/mol. The molecule has 4 heteroatoms. The summed E-state index contributed by atoms with van der Waals surface area (Å²) in [5.74, 6) is 0.610. The van der Waals surface area contributed by atoms with Crippen LogP contribution in [0.1, 0.15) is 0 Å². The minimum Gasteiger partial charge on any atom is -0.434 e. The van der Waals surface area contributed by atoms with Crippen LogP contribution in [0.2, 0.25) is 0 Å². The Labute approximate surface area is 264 Å². The lowest BCUT2D eigenvalue weighted by Gasteiger charge is -2.28. The van der Waals surface area contributed by atoms with Gasteiger partial charge in [0.1, 0.15) is 5.52 Å². The summed E-state index contributed by atoms with van der Waals surface area (Å²) in [6, 6.07) is 55.5. The van der Waals surface area contributed by atoms with Crippen molar-refractivity contribution in [2.45, 2.75) is 0 Å². The van der Waals surface area contributed by atoms with Crippen LogP contribution in [-0.4, -0.2) is 4.98 Å². The average Bonchev–Trinajstić information content (AvgIpc) is 3.72. The molecule has 0 atom stereocenters. The summed E-state index contributed by atoms with van der Waals surface area (Å²) in [6.45, 7) is 0. The molecule has 0 unspecified atom stereocenters. The standard InChI is InChI=1S/C41H26N2OS/c1-3-13-27(14-4-1)31-18-9-11-21-35(31)43(30-23-24-38-34(26-30)33-20-10-12-22-37(33)45-38)36-25-29-17-7-8-19-32(29)39-40(36)44-41(42-39)28-15-5-2-6-16-28/h1-26H. The molecule has 0 aliphatic carbocycles. The first-order valence-electron chi connectivity index (χ1n) is 15.1. The number of anilines is 3. The fourth-order valence-electron chi connectivity index (χ4n) is 6.39. The highest BCUT2D eigenvalue weighted by molar-refractivity contribution is 7.25. The second-order valence-corrected chi connectivity index (χ2v) is 12.3. The molecule has 0 fully saturated rings. The Balaban J connectivity index is 1.38. The Morgan fingerprint density at radius 1 is 0.511 bits per heavy atom. The van der Waals surface area contributed by atoms with Gasteiger partial charge >= 0.3 is 0 Å².